The van der Waals surface area contributed by atoms with Crippen molar-refractivity contribution in [3.63, 3.8) is 0 Å². The number of carboxylic acids is 1. The van der Waals surface area contributed by atoms with Crippen molar-refractivity contribution in [1.29, 1.82) is 0 Å². The number of ether oxygens (including phenoxy) is 1. The van der Waals surface area contributed by atoms with Crippen LogP contribution in [0.5, 0.6) is 5.75 Å². The van der Waals surface area contributed by atoms with Crippen molar-refractivity contribution in [3.8, 4) is 5.75 Å². The average Bonchev–Trinajstić information content (AvgIpc) is 2.42. The first-order valence-corrected chi connectivity index (χ1v) is 7.11. The third-order valence-electron chi connectivity index (χ3n) is 2.95. The summed E-state index contributed by atoms with van der Waals surface area (Å²) in [7, 11) is 0. The molecule has 5 heteroatoms. The Hall–Kier alpha value is -1.71. The second kappa shape index (κ2) is 6.83. The van der Waals surface area contributed by atoms with Crippen molar-refractivity contribution in [3.05, 3.63) is 63.6 Å². The van der Waals surface area contributed by atoms with Gasteiger partial charge in [-0.1, -0.05) is 41.4 Å². The highest BCUT2D eigenvalue weighted by atomic mass is 35.5. The second-order valence-electron chi connectivity index (χ2n) is 4.71. The van der Waals surface area contributed by atoms with Crippen LogP contribution in [0.15, 0.2) is 42.5 Å². The fourth-order valence-electron chi connectivity index (χ4n) is 1.91. The van der Waals surface area contributed by atoms with Crippen LogP contribution in [0.4, 0.5) is 0 Å². The summed E-state index contributed by atoms with van der Waals surface area (Å²) >= 11 is 11.8. The van der Waals surface area contributed by atoms with Crippen LogP contribution < -0.4 is 4.74 Å². The van der Waals surface area contributed by atoms with Gasteiger partial charge in [-0.25, -0.2) is 4.79 Å². The first-order valence-electron chi connectivity index (χ1n) is 6.36. The van der Waals surface area contributed by atoms with Gasteiger partial charge in [-0.3, -0.25) is 0 Å². The molecule has 0 fully saturated rings. The van der Waals surface area contributed by atoms with Gasteiger partial charge in [0, 0.05) is 6.42 Å². The third-order valence-corrected chi connectivity index (χ3v) is 3.69. The zero-order valence-electron chi connectivity index (χ0n) is 11.3. The molecule has 110 valence electrons. The monoisotopic (exact) mass is 324 g/mol. The Balaban J connectivity index is 2.15. The van der Waals surface area contributed by atoms with Gasteiger partial charge in [0.2, 0.25) is 0 Å². The minimum atomic E-state index is -1.03. The van der Waals surface area contributed by atoms with Crippen molar-refractivity contribution in [2.45, 2.75) is 19.4 Å². The summed E-state index contributed by atoms with van der Waals surface area (Å²) in [5.41, 5.74) is 1.76. The highest BCUT2D eigenvalue weighted by Gasteiger charge is 2.20. The van der Waals surface area contributed by atoms with Crippen molar-refractivity contribution in [2.24, 2.45) is 0 Å². The van der Waals surface area contributed by atoms with E-state index in [-0.39, 0.29) is 6.42 Å². The fourth-order valence-corrected chi connectivity index (χ4v) is 2.23. The summed E-state index contributed by atoms with van der Waals surface area (Å²) < 4.78 is 5.56. The molecule has 0 aliphatic heterocycles. The molecule has 0 saturated heterocycles. The number of halogens is 2. The van der Waals surface area contributed by atoms with Gasteiger partial charge in [0.15, 0.2) is 6.10 Å². The van der Waals surface area contributed by atoms with Gasteiger partial charge in [-0.05, 0) is 42.3 Å². The van der Waals surface area contributed by atoms with E-state index < -0.39 is 12.1 Å². The normalized spacial score (nSPS) is 12.0. The largest absolute Gasteiger partial charge is 0.478 e. The highest BCUT2D eigenvalue weighted by Crippen LogP contribution is 2.24. The van der Waals surface area contributed by atoms with E-state index in [0.29, 0.717) is 15.8 Å². The molecule has 0 aromatic heterocycles. The summed E-state index contributed by atoms with van der Waals surface area (Å²) in [4.78, 5) is 11.4. The third kappa shape index (κ3) is 4.38. The van der Waals surface area contributed by atoms with Gasteiger partial charge >= 0.3 is 5.97 Å². The van der Waals surface area contributed by atoms with Crippen LogP contribution in [0.25, 0.3) is 0 Å². The Labute approximate surface area is 133 Å². The maximum absolute atomic E-state index is 11.4. The lowest BCUT2D eigenvalue weighted by molar-refractivity contribution is -0.145. The molecular weight excluding hydrogens is 311 g/mol. The summed E-state index contributed by atoms with van der Waals surface area (Å²) in [6.07, 6.45) is -0.774. The van der Waals surface area contributed by atoms with Crippen molar-refractivity contribution < 1.29 is 14.6 Å². The first-order chi connectivity index (χ1) is 9.95. The molecular formula is C16H14Cl2O3. The predicted molar refractivity (Wildman–Crippen MR) is 83.4 cm³/mol. The van der Waals surface area contributed by atoms with E-state index in [4.69, 9.17) is 27.9 Å². The fraction of sp³-hybridized carbons (Fsp3) is 0.188. The minimum Gasteiger partial charge on any atom is -0.478 e. The molecule has 0 aliphatic carbocycles. The van der Waals surface area contributed by atoms with Crippen LogP contribution in [-0.4, -0.2) is 17.2 Å². The number of hydrogen-bond acceptors (Lipinski definition) is 2. The molecule has 2 aromatic carbocycles. The van der Waals surface area contributed by atoms with Gasteiger partial charge in [-0.15, -0.1) is 0 Å². The first kappa shape index (κ1) is 15.7. The number of rotatable bonds is 5. The van der Waals surface area contributed by atoms with Crippen molar-refractivity contribution in [1.82, 2.24) is 0 Å². The molecule has 0 radical (unpaired) electrons. The Morgan fingerprint density at radius 1 is 1.19 bits per heavy atom. The van der Waals surface area contributed by atoms with Crippen molar-refractivity contribution >= 4 is 29.2 Å². The molecule has 2 rings (SSSR count). The second-order valence-corrected chi connectivity index (χ2v) is 5.53. The standard InChI is InChI=1S/C16H14Cl2O3/c1-10-3-2-4-12(7-10)21-15(16(19)20)9-11-5-6-13(17)14(18)8-11/h2-8,15H,9H2,1H3,(H,19,20). The minimum absolute atomic E-state index is 0.208. The smallest absolute Gasteiger partial charge is 0.345 e. The molecule has 0 spiro atoms. The van der Waals surface area contributed by atoms with Gasteiger partial charge in [0.25, 0.3) is 0 Å². The van der Waals surface area contributed by atoms with E-state index in [0.717, 1.165) is 11.1 Å². The van der Waals surface area contributed by atoms with Gasteiger partial charge in [-0.2, -0.15) is 0 Å². The molecule has 0 saturated carbocycles. The van der Waals surface area contributed by atoms with Crippen LogP contribution in [0, 0.1) is 6.92 Å². The zero-order valence-corrected chi connectivity index (χ0v) is 12.9. The van der Waals surface area contributed by atoms with Crippen LogP contribution >= 0.6 is 23.2 Å². The molecule has 0 bridgehead atoms. The molecule has 21 heavy (non-hydrogen) atoms. The van der Waals surface area contributed by atoms with Crippen LogP contribution in [0.3, 0.4) is 0 Å². The van der Waals surface area contributed by atoms with Crippen molar-refractivity contribution in [2.75, 3.05) is 0 Å². The quantitative estimate of drug-likeness (QED) is 0.887. The molecule has 3 nitrogen and oxygen atoms in total. The Morgan fingerprint density at radius 2 is 1.95 bits per heavy atom. The van der Waals surface area contributed by atoms with E-state index in [2.05, 4.69) is 0 Å². The summed E-state index contributed by atoms with van der Waals surface area (Å²) in [6.45, 7) is 1.92. The summed E-state index contributed by atoms with van der Waals surface area (Å²) in [6, 6.07) is 12.3. The Morgan fingerprint density at radius 3 is 2.57 bits per heavy atom. The lowest BCUT2D eigenvalue weighted by Gasteiger charge is -2.16. The zero-order chi connectivity index (χ0) is 15.4. The number of aryl methyl sites for hydroxylation is 1. The van der Waals surface area contributed by atoms with Gasteiger partial charge in [0.1, 0.15) is 5.75 Å². The Kier molecular flexibility index (Phi) is 5.10. The molecule has 2 aromatic rings. The van der Waals surface area contributed by atoms with E-state index in [1.165, 1.54) is 0 Å². The summed E-state index contributed by atoms with van der Waals surface area (Å²) in [5, 5.41) is 10.1. The number of carbonyl (C=O) groups is 1. The van der Waals surface area contributed by atoms with E-state index in [9.17, 15) is 9.90 Å². The number of carboxylic acid groups (broad SMARTS) is 1. The number of aliphatic carboxylic acids is 1. The molecule has 0 amide bonds. The topological polar surface area (TPSA) is 46.5 Å². The SMILES string of the molecule is Cc1cccc(OC(Cc2ccc(Cl)c(Cl)c2)C(=O)O)c1. The lowest BCUT2D eigenvalue weighted by Crippen LogP contribution is -2.29. The Bertz CT molecular complexity index is 656. The van der Waals surface area contributed by atoms with Gasteiger partial charge < -0.3 is 9.84 Å². The number of hydrogen-bond donors (Lipinski definition) is 1. The van der Waals surface area contributed by atoms with E-state index in [1.54, 1.807) is 30.3 Å². The van der Waals surface area contributed by atoms with E-state index in [1.807, 2.05) is 19.1 Å². The van der Waals surface area contributed by atoms with E-state index >= 15 is 0 Å². The molecule has 0 heterocycles. The maximum atomic E-state index is 11.4. The maximum Gasteiger partial charge on any atom is 0.345 e. The molecule has 1 N–H and O–H groups in total. The number of benzene rings is 2. The lowest BCUT2D eigenvalue weighted by atomic mass is 10.1. The summed E-state index contributed by atoms with van der Waals surface area (Å²) in [5.74, 6) is -0.495. The van der Waals surface area contributed by atoms with Gasteiger partial charge in [0.05, 0.1) is 10.0 Å². The average molecular weight is 325 g/mol. The van der Waals surface area contributed by atoms with Crippen LogP contribution in [0.2, 0.25) is 10.0 Å². The molecule has 0 aliphatic rings. The highest BCUT2D eigenvalue weighted by molar-refractivity contribution is 6.42. The van der Waals surface area contributed by atoms with Crippen LogP contribution in [-0.2, 0) is 11.2 Å². The molecule has 1 atom stereocenters. The predicted octanol–water partition coefficient (Wildman–Crippen LogP) is 4.38. The van der Waals surface area contributed by atoms with Crippen LogP contribution in [0.1, 0.15) is 11.1 Å². The molecule has 1 unspecified atom stereocenters.